The first-order valence-corrected chi connectivity index (χ1v) is 7.79. The van der Waals surface area contributed by atoms with Crippen LogP contribution in [0.5, 0.6) is 0 Å². The molecule has 1 atom stereocenters. The SMILES string of the molecule is CCNC(=NCC(F)F)NC1CCN(c2cccc(Cl)c2)C1. The molecule has 1 aromatic carbocycles. The Morgan fingerprint density at radius 3 is 3.00 bits per heavy atom. The summed E-state index contributed by atoms with van der Waals surface area (Å²) in [4.78, 5) is 6.12. The lowest BCUT2D eigenvalue weighted by Gasteiger charge is -2.20. The van der Waals surface area contributed by atoms with Crippen LogP contribution in [0.4, 0.5) is 14.5 Å². The highest BCUT2D eigenvalue weighted by molar-refractivity contribution is 6.30. The van der Waals surface area contributed by atoms with E-state index in [1.807, 2.05) is 31.2 Å². The van der Waals surface area contributed by atoms with E-state index in [2.05, 4.69) is 20.5 Å². The van der Waals surface area contributed by atoms with Crippen LogP contribution in [-0.2, 0) is 0 Å². The third-order valence-corrected chi connectivity index (χ3v) is 3.67. The number of anilines is 1. The van der Waals surface area contributed by atoms with E-state index in [-0.39, 0.29) is 6.04 Å². The smallest absolute Gasteiger partial charge is 0.257 e. The third-order valence-electron chi connectivity index (χ3n) is 3.43. The van der Waals surface area contributed by atoms with Gasteiger partial charge in [0.1, 0.15) is 6.54 Å². The number of halogens is 3. The highest BCUT2D eigenvalue weighted by Gasteiger charge is 2.23. The van der Waals surface area contributed by atoms with Gasteiger partial charge in [-0.25, -0.2) is 13.8 Å². The van der Waals surface area contributed by atoms with Gasteiger partial charge in [0.2, 0.25) is 0 Å². The van der Waals surface area contributed by atoms with Crippen LogP contribution < -0.4 is 15.5 Å². The number of aliphatic imine (C=N–C) groups is 1. The van der Waals surface area contributed by atoms with Crippen LogP contribution in [0.3, 0.4) is 0 Å². The fraction of sp³-hybridized carbons (Fsp3) is 0.533. The molecule has 1 aliphatic heterocycles. The Morgan fingerprint density at radius 1 is 1.50 bits per heavy atom. The molecule has 1 aromatic rings. The quantitative estimate of drug-likeness (QED) is 0.644. The van der Waals surface area contributed by atoms with E-state index in [1.54, 1.807) is 0 Å². The molecule has 0 radical (unpaired) electrons. The van der Waals surface area contributed by atoms with Crippen molar-refractivity contribution in [1.82, 2.24) is 10.6 Å². The van der Waals surface area contributed by atoms with Crippen molar-refractivity contribution in [2.45, 2.75) is 25.8 Å². The molecule has 1 fully saturated rings. The second-order valence-electron chi connectivity index (χ2n) is 5.17. The molecule has 0 saturated carbocycles. The van der Waals surface area contributed by atoms with E-state index >= 15 is 0 Å². The molecule has 2 N–H and O–H groups in total. The van der Waals surface area contributed by atoms with E-state index in [0.717, 1.165) is 25.2 Å². The monoisotopic (exact) mass is 330 g/mol. The molecule has 0 aliphatic carbocycles. The van der Waals surface area contributed by atoms with Crippen molar-refractivity contribution in [3.8, 4) is 0 Å². The van der Waals surface area contributed by atoms with Gasteiger partial charge in [-0.3, -0.25) is 0 Å². The summed E-state index contributed by atoms with van der Waals surface area (Å²) in [5.74, 6) is 0.445. The van der Waals surface area contributed by atoms with Gasteiger partial charge in [0.25, 0.3) is 6.43 Å². The van der Waals surface area contributed by atoms with Crippen molar-refractivity contribution in [1.29, 1.82) is 0 Å². The minimum atomic E-state index is -2.43. The Labute approximate surface area is 134 Å². The second kappa shape index (κ2) is 8.17. The standard InChI is InChI=1S/C15H21ClF2N4/c1-2-19-15(20-9-14(17)18)21-12-6-7-22(10-12)13-5-3-4-11(16)8-13/h3-5,8,12,14H,2,6-7,9-10H2,1H3,(H2,19,20,21). The molecule has 1 heterocycles. The molecule has 1 saturated heterocycles. The lowest BCUT2D eigenvalue weighted by atomic mass is 10.3. The minimum Gasteiger partial charge on any atom is -0.369 e. The predicted octanol–water partition coefficient (Wildman–Crippen LogP) is 2.74. The number of hydrogen-bond donors (Lipinski definition) is 2. The Morgan fingerprint density at radius 2 is 2.32 bits per heavy atom. The highest BCUT2D eigenvalue weighted by atomic mass is 35.5. The van der Waals surface area contributed by atoms with Crippen molar-refractivity contribution in [2.24, 2.45) is 4.99 Å². The maximum Gasteiger partial charge on any atom is 0.257 e. The molecule has 0 amide bonds. The van der Waals surface area contributed by atoms with E-state index in [1.165, 1.54) is 0 Å². The van der Waals surface area contributed by atoms with Crippen LogP contribution in [0.25, 0.3) is 0 Å². The predicted molar refractivity (Wildman–Crippen MR) is 87.2 cm³/mol. The van der Waals surface area contributed by atoms with E-state index < -0.39 is 13.0 Å². The molecule has 1 unspecified atom stereocenters. The molecule has 7 heteroatoms. The molecule has 0 spiro atoms. The van der Waals surface area contributed by atoms with Crippen LogP contribution in [-0.4, -0.2) is 44.6 Å². The normalized spacial score (nSPS) is 18.9. The fourth-order valence-corrected chi connectivity index (χ4v) is 2.64. The first kappa shape index (κ1) is 16.8. The molecule has 4 nitrogen and oxygen atoms in total. The number of hydrogen-bond acceptors (Lipinski definition) is 2. The van der Waals surface area contributed by atoms with Crippen molar-refractivity contribution in [2.75, 3.05) is 31.1 Å². The molecule has 22 heavy (non-hydrogen) atoms. The lowest BCUT2D eigenvalue weighted by molar-refractivity contribution is 0.158. The average Bonchev–Trinajstić information content (AvgIpc) is 2.93. The number of rotatable bonds is 5. The van der Waals surface area contributed by atoms with Gasteiger partial charge in [0.15, 0.2) is 5.96 Å². The number of guanidine groups is 1. The molecular formula is C15H21ClF2N4. The summed E-state index contributed by atoms with van der Waals surface area (Å²) in [6, 6.07) is 7.89. The molecule has 122 valence electrons. The fourth-order valence-electron chi connectivity index (χ4n) is 2.46. The van der Waals surface area contributed by atoms with Gasteiger partial charge in [-0.05, 0) is 31.5 Å². The van der Waals surface area contributed by atoms with E-state index in [9.17, 15) is 8.78 Å². The lowest BCUT2D eigenvalue weighted by Crippen LogP contribution is -2.44. The zero-order valence-electron chi connectivity index (χ0n) is 12.5. The Balaban J connectivity index is 1.92. The molecular weight excluding hydrogens is 310 g/mol. The zero-order valence-corrected chi connectivity index (χ0v) is 13.3. The van der Waals surface area contributed by atoms with Gasteiger partial charge in [0, 0.05) is 36.4 Å². The van der Waals surface area contributed by atoms with E-state index in [0.29, 0.717) is 17.5 Å². The molecule has 2 rings (SSSR count). The molecule has 1 aliphatic rings. The summed E-state index contributed by atoms with van der Waals surface area (Å²) in [5, 5.41) is 6.92. The maximum absolute atomic E-state index is 12.3. The summed E-state index contributed by atoms with van der Waals surface area (Å²) < 4.78 is 24.6. The summed E-state index contributed by atoms with van der Waals surface area (Å²) in [7, 11) is 0. The average molecular weight is 331 g/mol. The number of nitrogens with one attached hydrogen (secondary N) is 2. The minimum absolute atomic E-state index is 0.175. The van der Waals surface area contributed by atoms with E-state index in [4.69, 9.17) is 11.6 Å². The first-order chi connectivity index (χ1) is 10.6. The van der Waals surface area contributed by atoms with Crippen molar-refractivity contribution >= 4 is 23.2 Å². The van der Waals surface area contributed by atoms with Gasteiger partial charge in [-0.2, -0.15) is 0 Å². The number of benzene rings is 1. The van der Waals surface area contributed by atoms with Crippen molar-refractivity contribution in [3.05, 3.63) is 29.3 Å². The second-order valence-corrected chi connectivity index (χ2v) is 5.60. The van der Waals surface area contributed by atoms with Crippen LogP contribution in [0, 0.1) is 0 Å². The Kier molecular flexibility index (Phi) is 6.24. The maximum atomic E-state index is 12.3. The summed E-state index contributed by atoms with van der Waals surface area (Å²) in [6.07, 6.45) is -1.51. The zero-order chi connectivity index (χ0) is 15.9. The van der Waals surface area contributed by atoms with Gasteiger partial charge in [-0.15, -0.1) is 0 Å². The van der Waals surface area contributed by atoms with Gasteiger partial charge < -0.3 is 15.5 Å². The topological polar surface area (TPSA) is 39.7 Å². The summed E-state index contributed by atoms with van der Waals surface area (Å²) in [6.45, 7) is 3.75. The number of nitrogens with zero attached hydrogens (tertiary/aromatic N) is 2. The van der Waals surface area contributed by atoms with Crippen molar-refractivity contribution < 1.29 is 8.78 Å². The number of alkyl halides is 2. The summed E-state index contributed by atoms with van der Waals surface area (Å²) >= 11 is 6.01. The van der Waals surface area contributed by atoms with Crippen molar-refractivity contribution in [3.63, 3.8) is 0 Å². The highest BCUT2D eigenvalue weighted by Crippen LogP contribution is 2.23. The van der Waals surface area contributed by atoms with Crippen LogP contribution in [0.1, 0.15) is 13.3 Å². The molecule has 0 bridgehead atoms. The van der Waals surface area contributed by atoms with Gasteiger partial charge >= 0.3 is 0 Å². The summed E-state index contributed by atoms with van der Waals surface area (Å²) in [5.41, 5.74) is 1.08. The van der Waals surface area contributed by atoms with Crippen LogP contribution in [0.15, 0.2) is 29.3 Å². The van der Waals surface area contributed by atoms with Crippen LogP contribution >= 0.6 is 11.6 Å². The molecule has 0 aromatic heterocycles. The third kappa shape index (κ3) is 5.02. The van der Waals surface area contributed by atoms with Crippen LogP contribution in [0.2, 0.25) is 5.02 Å². The van der Waals surface area contributed by atoms with Gasteiger partial charge in [0.05, 0.1) is 0 Å². The Hall–Kier alpha value is -1.56. The first-order valence-electron chi connectivity index (χ1n) is 7.42. The largest absolute Gasteiger partial charge is 0.369 e. The Bertz CT molecular complexity index is 510. The van der Waals surface area contributed by atoms with Gasteiger partial charge in [-0.1, -0.05) is 17.7 Å².